The van der Waals surface area contributed by atoms with Gasteiger partial charge < -0.3 is 10.6 Å². The minimum atomic E-state index is -4.37. The summed E-state index contributed by atoms with van der Waals surface area (Å²) in [6.07, 6.45) is 2.38. The van der Waals surface area contributed by atoms with E-state index in [1.165, 1.54) is 24.8 Å². The first kappa shape index (κ1) is 19.5. The molecule has 1 aliphatic rings. The molecule has 1 saturated heterocycles. The lowest BCUT2D eigenvalue weighted by atomic mass is 9.96. The van der Waals surface area contributed by atoms with Gasteiger partial charge in [-0.2, -0.15) is 18.3 Å². The van der Waals surface area contributed by atoms with Crippen LogP contribution in [0.25, 0.3) is 22.3 Å². The summed E-state index contributed by atoms with van der Waals surface area (Å²) in [6.45, 7) is -0.123. The number of nitrogens with one attached hydrogen (secondary N) is 2. The van der Waals surface area contributed by atoms with E-state index in [0.29, 0.717) is 34.5 Å². The van der Waals surface area contributed by atoms with E-state index < -0.39 is 18.4 Å². The van der Waals surface area contributed by atoms with Crippen molar-refractivity contribution in [3.8, 4) is 11.3 Å². The zero-order valence-corrected chi connectivity index (χ0v) is 15.4. The molecule has 1 atom stereocenters. The maximum absolute atomic E-state index is 14.9. The highest BCUT2D eigenvalue weighted by atomic mass is 19.4. The summed E-state index contributed by atoms with van der Waals surface area (Å²) in [6, 6.07) is 1.62. The second kappa shape index (κ2) is 7.54. The van der Waals surface area contributed by atoms with Crippen molar-refractivity contribution in [2.24, 2.45) is 0 Å². The number of fused-ring (bicyclic) bond motifs is 1. The Kier molecular flexibility index (Phi) is 5.07. The van der Waals surface area contributed by atoms with Gasteiger partial charge in [-0.05, 0) is 25.5 Å². The molecule has 3 aromatic rings. The van der Waals surface area contributed by atoms with Crippen molar-refractivity contribution in [3.63, 3.8) is 0 Å². The van der Waals surface area contributed by atoms with Crippen molar-refractivity contribution < 1.29 is 17.6 Å². The van der Waals surface area contributed by atoms with Gasteiger partial charge in [-0.15, -0.1) is 0 Å². The van der Waals surface area contributed by atoms with E-state index >= 15 is 0 Å². The fourth-order valence-corrected chi connectivity index (χ4v) is 3.33. The van der Waals surface area contributed by atoms with Crippen LogP contribution in [0.5, 0.6) is 0 Å². The Labute approximate surface area is 163 Å². The average Bonchev–Trinajstić information content (AvgIpc) is 3.13. The molecule has 2 N–H and O–H groups in total. The van der Waals surface area contributed by atoms with Gasteiger partial charge in [0.15, 0.2) is 5.82 Å². The molecule has 4 rings (SSSR count). The van der Waals surface area contributed by atoms with Crippen LogP contribution in [0.4, 0.5) is 23.4 Å². The summed E-state index contributed by atoms with van der Waals surface area (Å²) < 4.78 is 53.5. The van der Waals surface area contributed by atoms with Crippen LogP contribution in [0.1, 0.15) is 12.8 Å². The molecule has 0 saturated carbocycles. The number of piperidine rings is 1. The number of halogens is 4. The molecule has 0 aliphatic carbocycles. The van der Waals surface area contributed by atoms with Gasteiger partial charge in [0.25, 0.3) is 0 Å². The molecule has 1 fully saturated rings. The van der Waals surface area contributed by atoms with Crippen molar-refractivity contribution in [1.82, 2.24) is 30.0 Å². The predicted molar refractivity (Wildman–Crippen MR) is 99.0 cm³/mol. The first-order chi connectivity index (χ1) is 13.8. The van der Waals surface area contributed by atoms with E-state index in [-0.39, 0.29) is 13.1 Å². The standard InChI is InChI=1S/C18H19F4N7/c19-17(2-1-3-23-9-17)10-26-16-15-14(24-4-5-25-15)6-13(28-16)12-7-27-29(8-12)11-18(20,21)22/h4-8,23H,1-3,9-11H2,(H,26,28)/t17-/m1/s1. The minimum absolute atomic E-state index is 0.0372. The Morgan fingerprint density at radius 2 is 2.07 bits per heavy atom. The third kappa shape index (κ3) is 4.61. The van der Waals surface area contributed by atoms with Crippen LogP contribution >= 0.6 is 0 Å². The van der Waals surface area contributed by atoms with E-state index in [9.17, 15) is 17.6 Å². The van der Waals surface area contributed by atoms with Crippen molar-refractivity contribution in [2.75, 3.05) is 25.0 Å². The Bertz CT molecular complexity index is 995. The third-order valence-electron chi connectivity index (χ3n) is 4.72. The van der Waals surface area contributed by atoms with Crippen molar-refractivity contribution >= 4 is 16.9 Å². The molecule has 4 heterocycles. The monoisotopic (exact) mass is 409 g/mol. The van der Waals surface area contributed by atoms with Gasteiger partial charge in [0.2, 0.25) is 0 Å². The SMILES string of the molecule is FC(F)(F)Cn1cc(-c2cc3nccnc3c(NC[C@@]3(F)CCCNC3)n2)cn1. The Morgan fingerprint density at radius 1 is 1.24 bits per heavy atom. The van der Waals surface area contributed by atoms with Crippen molar-refractivity contribution in [3.05, 3.63) is 30.9 Å². The summed E-state index contributed by atoms with van der Waals surface area (Å²) >= 11 is 0. The van der Waals surface area contributed by atoms with Gasteiger partial charge in [0, 0.05) is 30.7 Å². The molecule has 0 spiro atoms. The molecule has 29 heavy (non-hydrogen) atoms. The van der Waals surface area contributed by atoms with Gasteiger partial charge in [-0.1, -0.05) is 0 Å². The van der Waals surface area contributed by atoms with Crippen LogP contribution in [-0.4, -0.2) is 56.2 Å². The normalized spacial score (nSPS) is 20.1. The van der Waals surface area contributed by atoms with Gasteiger partial charge in [-0.25, -0.2) is 14.4 Å². The third-order valence-corrected chi connectivity index (χ3v) is 4.72. The molecule has 0 bridgehead atoms. The van der Waals surface area contributed by atoms with E-state index in [2.05, 4.69) is 30.7 Å². The summed E-state index contributed by atoms with van der Waals surface area (Å²) in [5.74, 6) is 0.330. The van der Waals surface area contributed by atoms with Gasteiger partial charge in [0.05, 0.1) is 24.0 Å². The highest BCUT2D eigenvalue weighted by molar-refractivity contribution is 5.88. The molecule has 3 aromatic heterocycles. The smallest absolute Gasteiger partial charge is 0.365 e. The largest absolute Gasteiger partial charge is 0.408 e. The van der Waals surface area contributed by atoms with Crippen LogP contribution in [0.2, 0.25) is 0 Å². The lowest BCUT2D eigenvalue weighted by molar-refractivity contribution is -0.142. The quantitative estimate of drug-likeness (QED) is 0.631. The van der Waals surface area contributed by atoms with E-state index in [1.807, 2.05) is 0 Å². The molecular formula is C18H19F4N7. The molecule has 0 aromatic carbocycles. The van der Waals surface area contributed by atoms with E-state index in [1.54, 1.807) is 6.07 Å². The Balaban J connectivity index is 1.64. The molecule has 1 aliphatic heterocycles. The number of rotatable bonds is 5. The summed E-state index contributed by atoms with van der Waals surface area (Å²) in [4.78, 5) is 13.0. The first-order valence-electron chi connectivity index (χ1n) is 9.16. The van der Waals surface area contributed by atoms with E-state index in [4.69, 9.17) is 0 Å². The van der Waals surface area contributed by atoms with Crippen molar-refractivity contribution in [2.45, 2.75) is 31.2 Å². The molecule has 0 radical (unpaired) electrons. The number of alkyl halides is 4. The summed E-state index contributed by atoms with van der Waals surface area (Å²) in [7, 11) is 0. The number of hydrogen-bond acceptors (Lipinski definition) is 6. The highest BCUT2D eigenvalue weighted by Crippen LogP contribution is 2.28. The lowest BCUT2D eigenvalue weighted by Gasteiger charge is -2.30. The number of hydrogen-bond donors (Lipinski definition) is 2. The zero-order valence-electron chi connectivity index (χ0n) is 15.4. The summed E-state index contributed by atoms with van der Waals surface area (Å²) in [5.41, 5.74) is 0.328. The van der Waals surface area contributed by atoms with Gasteiger partial charge >= 0.3 is 6.18 Å². The van der Waals surface area contributed by atoms with Crippen LogP contribution in [0.15, 0.2) is 30.9 Å². The molecule has 11 heteroatoms. The fraction of sp³-hybridized carbons (Fsp3) is 0.444. The predicted octanol–water partition coefficient (Wildman–Crippen LogP) is 2.95. The first-order valence-corrected chi connectivity index (χ1v) is 9.16. The van der Waals surface area contributed by atoms with Crippen LogP contribution in [-0.2, 0) is 6.54 Å². The topological polar surface area (TPSA) is 80.5 Å². The van der Waals surface area contributed by atoms with E-state index in [0.717, 1.165) is 17.6 Å². The van der Waals surface area contributed by atoms with Crippen molar-refractivity contribution in [1.29, 1.82) is 0 Å². The Morgan fingerprint density at radius 3 is 2.83 bits per heavy atom. The number of anilines is 1. The van der Waals surface area contributed by atoms with Crippen LogP contribution < -0.4 is 10.6 Å². The maximum atomic E-state index is 14.9. The molecular weight excluding hydrogens is 390 g/mol. The van der Waals surface area contributed by atoms with Gasteiger partial charge in [-0.3, -0.25) is 9.67 Å². The number of aromatic nitrogens is 5. The molecule has 7 nitrogen and oxygen atoms in total. The highest BCUT2D eigenvalue weighted by Gasteiger charge is 2.32. The Hall–Kier alpha value is -2.82. The minimum Gasteiger partial charge on any atom is -0.365 e. The maximum Gasteiger partial charge on any atom is 0.408 e. The fourth-order valence-electron chi connectivity index (χ4n) is 3.33. The molecule has 154 valence electrons. The number of nitrogens with zero attached hydrogens (tertiary/aromatic N) is 5. The lowest BCUT2D eigenvalue weighted by Crippen LogP contribution is -2.46. The average molecular weight is 409 g/mol. The second-order valence-electron chi connectivity index (χ2n) is 7.11. The molecule has 0 unspecified atom stereocenters. The summed E-state index contributed by atoms with van der Waals surface area (Å²) in [5, 5.41) is 9.81. The van der Waals surface area contributed by atoms with Crippen LogP contribution in [0.3, 0.4) is 0 Å². The van der Waals surface area contributed by atoms with Crippen LogP contribution in [0, 0.1) is 0 Å². The van der Waals surface area contributed by atoms with Gasteiger partial charge in [0.1, 0.15) is 17.7 Å². The molecule has 0 amide bonds. The second-order valence-corrected chi connectivity index (χ2v) is 7.11. The zero-order chi connectivity index (χ0) is 20.5. The number of pyridine rings is 1.